The molecule has 0 saturated carbocycles. The van der Waals surface area contributed by atoms with E-state index in [4.69, 9.17) is 4.42 Å². The van der Waals surface area contributed by atoms with E-state index < -0.39 is 62.6 Å². The number of aromatic nitrogens is 1. The van der Waals surface area contributed by atoms with Crippen molar-refractivity contribution in [2.75, 3.05) is 9.62 Å². The van der Waals surface area contributed by atoms with Crippen molar-refractivity contribution in [3.05, 3.63) is 96.3 Å². The zero-order chi connectivity index (χ0) is 32.8. The summed E-state index contributed by atoms with van der Waals surface area (Å²) < 4.78 is 128. The number of carbonyl (C=O) groups excluding carboxylic acids is 1. The maximum absolute atomic E-state index is 13.8. The Balaban J connectivity index is 1.49. The lowest BCUT2D eigenvalue weighted by Gasteiger charge is -2.39. The number of alkyl halides is 6. The number of sulfonamides is 1. The first kappa shape index (κ1) is 32.0. The van der Waals surface area contributed by atoms with E-state index in [-0.39, 0.29) is 24.1 Å². The minimum Gasteiger partial charge on any atom is -0.444 e. The van der Waals surface area contributed by atoms with E-state index >= 15 is 0 Å². The first-order valence-electron chi connectivity index (χ1n) is 13.1. The van der Waals surface area contributed by atoms with Crippen molar-refractivity contribution in [2.45, 2.75) is 48.2 Å². The molecule has 8 nitrogen and oxygen atoms in total. The lowest BCUT2D eigenvalue weighted by molar-refractivity contribution is -0.376. The van der Waals surface area contributed by atoms with Gasteiger partial charge in [-0.2, -0.15) is 26.3 Å². The van der Waals surface area contributed by atoms with Gasteiger partial charge < -0.3 is 14.8 Å². The zero-order valence-electron chi connectivity index (χ0n) is 22.7. The Labute approximate surface area is 251 Å². The van der Waals surface area contributed by atoms with Gasteiger partial charge in [0.2, 0.25) is 5.91 Å². The summed E-state index contributed by atoms with van der Waals surface area (Å²) in [6, 6.07) is 10.4. The molecule has 2 heterocycles. The van der Waals surface area contributed by atoms with Gasteiger partial charge in [-0.15, -0.1) is 0 Å². The van der Waals surface area contributed by atoms with Gasteiger partial charge in [-0.3, -0.25) is 9.10 Å². The summed E-state index contributed by atoms with van der Waals surface area (Å²) in [5, 5.41) is 12.5. The van der Waals surface area contributed by atoms with Crippen LogP contribution in [0.3, 0.4) is 0 Å². The summed E-state index contributed by atoms with van der Waals surface area (Å²) >= 11 is 0. The molecule has 1 aromatic heterocycles. The number of benzene rings is 3. The molecule has 3 aromatic carbocycles. The van der Waals surface area contributed by atoms with Gasteiger partial charge in [0.25, 0.3) is 15.6 Å². The number of anilines is 2. The monoisotopic (exact) mass is 657 g/mol. The molecule has 1 atom stereocenters. The number of amides is 1. The lowest BCUT2D eigenvalue weighted by atomic mass is 9.87. The third kappa shape index (κ3) is 5.99. The molecule has 0 fully saturated rings. The van der Waals surface area contributed by atoms with Crippen LogP contribution in [0.15, 0.2) is 88.6 Å². The molecule has 16 heteroatoms. The van der Waals surface area contributed by atoms with E-state index in [0.717, 1.165) is 34.6 Å². The molecule has 0 bridgehead atoms. The fourth-order valence-electron chi connectivity index (χ4n) is 5.08. The summed E-state index contributed by atoms with van der Waals surface area (Å²) in [6.07, 6.45) is -10.4. The molecule has 1 unspecified atom stereocenters. The van der Waals surface area contributed by atoms with Gasteiger partial charge >= 0.3 is 12.4 Å². The first-order valence-corrected chi connectivity index (χ1v) is 14.5. The van der Waals surface area contributed by atoms with Gasteiger partial charge in [0.15, 0.2) is 12.2 Å². The minimum absolute atomic E-state index is 0.189. The van der Waals surface area contributed by atoms with Gasteiger partial charge in [-0.05, 0) is 73.0 Å². The average Bonchev–Trinajstić information content (AvgIpc) is 3.51. The molecular formula is C29H22F7N3O5S. The van der Waals surface area contributed by atoms with Gasteiger partial charge in [-0.1, -0.05) is 12.1 Å². The van der Waals surface area contributed by atoms with Gasteiger partial charge in [0, 0.05) is 23.2 Å². The van der Waals surface area contributed by atoms with Gasteiger partial charge in [0.05, 0.1) is 22.8 Å². The number of aliphatic hydroxyl groups is 1. The minimum atomic E-state index is -6.15. The molecule has 238 valence electrons. The van der Waals surface area contributed by atoms with Gasteiger partial charge in [0.1, 0.15) is 5.82 Å². The number of fused-ring (bicyclic) bond motifs is 1. The summed E-state index contributed by atoms with van der Waals surface area (Å²) in [4.78, 5) is 16.5. The van der Waals surface area contributed by atoms with Crippen LogP contribution in [0.2, 0.25) is 0 Å². The van der Waals surface area contributed by atoms with E-state index in [1.54, 1.807) is 24.3 Å². The highest BCUT2D eigenvalue weighted by Crippen LogP contribution is 2.51. The Morgan fingerprint density at radius 2 is 1.62 bits per heavy atom. The summed E-state index contributed by atoms with van der Waals surface area (Å²) in [7, 11) is -4.63. The molecule has 5 rings (SSSR count). The predicted molar refractivity (Wildman–Crippen MR) is 146 cm³/mol. The highest BCUT2D eigenvalue weighted by atomic mass is 32.2. The number of nitrogens with zero attached hydrogens (tertiary/aromatic N) is 2. The Kier molecular flexibility index (Phi) is 8.16. The third-order valence-electron chi connectivity index (χ3n) is 7.31. The number of halogens is 7. The van der Waals surface area contributed by atoms with Crippen molar-refractivity contribution in [2.24, 2.45) is 0 Å². The fourth-order valence-corrected chi connectivity index (χ4v) is 6.80. The summed E-state index contributed by atoms with van der Waals surface area (Å²) in [5.41, 5.74) is -6.32. The second kappa shape index (κ2) is 11.5. The van der Waals surface area contributed by atoms with E-state index in [2.05, 4.69) is 10.3 Å². The van der Waals surface area contributed by atoms with Crippen molar-refractivity contribution < 1.29 is 53.5 Å². The maximum Gasteiger partial charge on any atom is 0.430 e. The van der Waals surface area contributed by atoms with E-state index in [0.29, 0.717) is 29.1 Å². The van der Waals surface area contributed by atoms with E-state index in [1.165, 1.54) is 12.6 Å². The maximum atomic E-state index is 13.8. The van der Waals surface area contributed by atoms with Crippen LogP contribution < -0.4 is 9.62 Å². The van der Waals surface area contributed by atoms with Crippen LogP contribution in [-0.4, -0.2) is 42.8 Å². The highest BCUT2D eigenvalue weighted by Gasteiger charge is 2.71. The third-order valence-corrected chi connectivity index (χ3v) is 9.19. The van der Waals surface area contributed by atoms with Crippen molar-refractivity contribution in [1.29, 1.82) is 0 Å². The Hall–Kier alpha value is -4.44. The normalized spacial score (nSPS) is 15.9. The Morgan fingerprint density at radius 3 is 2.20 bits per heavy atom. The molecule has 1 aliphatic rings. The molecule has 0 radical (unpaired) electrons. The predicted octanol–water partition coefficient (Wildman–Crippen LogP) is 6.33. The quantitative estimate of drug-likeness (QED) is 0.225. The molecule has 45 heavy (non-hydrogen) atoms. The van der Waals surface area contributed by atoms with Crippen LogP contribution in [-0.2, 0) is 26.8 Å². The summed E-state index contributed by atoms with van der Waals surface area (Å²) in [6.45, 7) is 0. The molecule has 4 aromatic rings. The molecular weight excluding hydrogens is 635 g/mol. The molecule has 0 saturated heterocycles. The molecule has 2 N–H and O–H groups in total. The van der Waals surface area contributed by atoms with Crippen molar-refractivity contribution in [1.82, 2.24) is 4.98 Å². The number of carbonyl (C=O) groups is 1. The second-order valence-corrected chi connectivity index (χ2v) is 12.0. The second-order valence-electron chi connectivity index (χ2n) is 10.2. The number of aryl methyl sites for hydroxylation is 1. The molecule has 1 aliphatic heterocycles. The van der Waals surface area contributed by atoms with Crippen LogP contribution in [0, 0.1) is 5.82 Å². The van der Waals surface area contributed by atoms with Crippen molar-refractivity contribution in [3.8, 4) is 11.3 Å². The van der Waals surface area contributed by atoms with Crippen molar-refractivity contribution in [3.63, 3.8) is 0 Å². The molecule has 0 aliphatic carbocycles. The topological polar surface area (TPSA) is 113 Å². The first-order chi connectivity index (χ1) is 21.0. The molecule has 1 amide bonds. The largest absolute Gasteiger partial charge is 0.444 e. The van der Waals surface area contributed by atoms with Crippen molar-refractivity contribution >= 4 is 27.3 Å². The van der Waals surface area contributed by atoms with Crippen LogP contribution in [0.5, 0.6) is 0 Å². The number of hydrogen-bond acceptors (Lipinski definition) is 6. The highest BCUT2D eigenvalue weighted by molar-refractivity contribution is 7.92. The van der Waals surface area contributed by atoms with Gasteiger partial charge in [-0.25, -0.2) is 17.8 Å². The number of nitrogens with one attached hydrogen (secondary N) is 1. The van der Waals surface area contributed by atoms with Crippen LogP contribution in [0.4, 0.5) is 42.1 Å². The fraction of sp³-hybridized carbons (Fsp3) is 0.241. The van der Waals surface area contributed by atoms with E-state index in [1.807, 2.05) is 0 Å². The standard InChI is InChI=1S/C29H22F7N3O5S/c30-20-5-10-23(11-6-20)45(42,43)39-22(14-26(40)38-21-7-1-17(2-8-21)25-15-37-16-44-25)9-3-18-13-19(4-12-24(18)39)27(41,28(31,32)33)29(34,35)36/h1-2,4-8,10-13,15-16,22,41H,3,9,14H2,(H,38,40). The van der Waals surface area contributed by atoms with Crippen LogP contribution in [0.1, 0.15) is 24.0 Å². The SMILES string of the molecule is O=C(CC1CCc2cc(C(O)(C(F)(F)F)C(F)(F)F)ccc2N1S(=O)(=O)c1ccc(F)cc1)Nc1ccc(-c2cnco2)cc1. The number of oxazole rings is 1. The molecule has 0 spiro atoms. The number of rotatable bonds is 7. The Bertz CT molecular complexity index is 1780. The van der Waals surface area contributed by atoms with Crippen LogP contribution >= 0.6 is 0 Å². The Morgan fingerprint density at radius 1 is 0.978 bits per heavy atom. The lowest BCUT2D eigenvalue weighted by Crippen LogP contribution is -2.54. The van der Waals surface area contributed by atoms with E-state index in [9.17, 15) is 49.1 Å². The zero-order valence-corrected chi connectivity index (χ0v) is 23.5. The number of hydrogen-bond donors (Lipinski definition) is 2. The summed E-state index contributed by atoms with van der Waals surface area (Å²) in [5.74, 6) is -0.931. The van der Waals surface area contributed by atoms with Crippen LogP contribution in [0.25, 0.3) is 11.3 Å². The average molecular weight is 658 g/mol. The smallest absolute Gasteiger partial charge is 0.430 e.